The quantitative estimate of drug-likeness (QED) is 0.382. The Labute approximate surface area is 198 Å². The van der Waals surface area contributed by atoms with E-state index < -0.39 is 11.4 Å². The van der Waals surface area contributed by atoms with Gasteiger partial charge in [-0.25, -0.2) is 4.39 Å². The van der Waals surface area contributed by atoms with Crippen LogP contribution in [0, 0.1) is 5.82 Å². The molecule has 0 aliphatic rings. The van der Waals surface area contributed by atoms with Crippen molar-refractivity contribution in [2.75, 3.05) is 6.54 Å². The predicted octanol–water partition coefficient (Wildman–Crippen LogP) is 6.99. The number of carbonyl (C=O) groups excluding carboxylic acids is 1. The molecule has 0 aliphatic heterocycles. The second-order valence-corrected chi connectivity index (χ2v) is 9.12. The molecule has 0 spiro atoms. The normalized spacial score (nSPS) is 13.3. The first kappa shape index (κ1) is 24.1. The van der Waals surface area contributed by atoms with Gasteiger partial charge in [-0.15, -0.1) is 0 Å². The summed E-state index contributed by atoms with van der Waals surface area (Å²) < 4.78 is 19.7. The number of carbonyl (C=O) groups is 1. The van der Waals surface area contributed by atoms with Crippen LogP contribution in [0.15, 0.2) is 72.8 Å². The first-order chi connectivity index (χ1) is 15.2. The number of halogens is 3. The van der Waals surface area contributed by atoms with Crippen LogP contribution in [0.1, 0.15) is 43.7 Å². The number of nitrogens with one attached hydrogen (secondary N) is 1. The van der Waals surface area contributed by atoms with Crippen molar-refractivity contribution in [3.05, 3.63) is 99.8 Å². The van der Waals surface area contributed by atoms with Crippen LogP contribution in [-0.4, -0.2) is 18.1 Å². The van der Waals surface area contributed by atoms with Gasteiger partial charge in [-0.05, 0) is 67.3 Å². The lowest BCUT2D eigenvalue weighted by Crippen LogP contribution is -2.48. The molecule has 0 saturated carbocycles. The van der Waals surface area contributed by atoms with Crippen LogP contribution in [0.4, 0.5) is 4.39 Å². The Hall–Kier alpha value is -2.56. The predicted molar refractivity (Wildman–Crippen MR) is 128 cm³/mol. The molecule has 0 aliphatic carbocycles. The molecular formula is C26H26Cl2FNO2. The van der Waals surface area contributed by atoms with Crippen molar-refractivity contribution in [1.29, 1.82) is 0 Å². The Balaban J connectivity index is 1.78. The number of benzene rings is 3. The lowest BCUT2D eigenvalue weighted by atomic mass is 9.82. The highest BCUT2D eigenvalue weighted by Gasteiger charge is 2.32. The minimum absolute atomic E-state index is 0.0262. The van der Waals surface area contributed by atoms with Crippen LogP contribution in [0.25, 0.3) is 0 Å². The Morgan fingerprint density at radius 1 is 0.938 bits per heavy atom. The Bertz CT molecular complexity index is 1050. The highest BCUT2D eigenvalue weighted by Crippen LogP contribution is 2.34. The van der Waals surface area contributed by atoms with Gasteiger partial charge >= 0.3 is 0 Å². The van der Waals surface area contributed by atoms with Gasteiger partial charge in [0.2, 0.25) is 0 Å². The first-order valence-electron chi connectivity index (χ1n) is 10.4. The van der Waals surface area contributed by atoms with E-state index in [1.807, 2.05) is 48.5 Å². The SMILES string of the molecule is CC(c1ccc(Cl)cc1)C(CNC(=O)C(C)(C)Oc1ccccc1F)c1ccc(Cl)cc1. The second-order valence-electron chi connectivity index (χ2n) is 8.25. The summed E-state index contributed by atoms with van der Waals surface area (Å²) in [6.45, 7) is 5.72. The van der Waals surface area contributed by atoms with E-state index in [2.05, 4.69) is 12.2 Å². The third-order valence-corrected chi connectivity index (χ3v) is 6.03. The lowest BCUT2D eigenvalue weighted by molar-refractivity contribution is -0.134. The molecule has 2 atom stereocenters. The maximum Gasteiger partial charge on any atom is 0.263 e. The molecule has 168 valence electrons. The molecule has 0 heterocycles. The zero-order valence-corrected chi connectivity index (χ0v) is 19.8. The van der Waals surface area contributed by atoms with Gasteiger partial charge in [0.1, 0.15) is 0 Å². The van der Waals surface area contributed by atoms with Gasteiger partial charge < -0.3 is 10.1 Å². The lowest BCUT2D eigenvalue weighted by Gasteiger charge is -2.29. The molecular weight excluding hydrogens is 448 g/mol. The first-order valence-corrected chi connectivity index (χ1v) is 11.2. The molecule has 1 N–H and O–H groups in total. The standard InChI is InChI=1S/C26H26Cl2FNO2/c1-17(18-8-12-20(27)13-9-18)22(19-10-14-21(28)15-11-19)16-30-25(31)26(2,3)32-24-7-5-4-6-23(24)29/h4-15,17,22H,16H2,1-3H3,(H,30,31). The fourth-order valence-electron chi connectivity index (χ4n) is 3.56. The summed E-state index contributed by atoms with van der Waals surface area (Å²) in [5.41, 5.74) is 0.895. The van der Waals surface area contributed by atoms with Crippen LogP contribution < -0.4 is 10.1 Å². The molecule has 0 radical (unpaired) electrons. The summed E-state index contributed by atoms with van der Waals surface area (Å²) in [5.74, 6) is -0.741. The molecule has 0 fully saturated rings. The second kappa shape index (κ2) is 10.4. The largest absolute Gasteiger partial charge is 0.475 e. The van der Waals surface area contributed by atoms with Crippen molar-refractivity contribution >= 4 is 29.1 Å². The summed E-state index contributed by atoms with van der Waals surface area (Å²) in [5, 5.41) is 4.31. The van der Waals surface area contributed by atoms with Crippen LogP contribution in [0.5, 0.6) is 5.75 Å². The van der Waals surface area contributed by atoms with Crippen molar-refractivity contribution in [3.8, 4) is 5.75 Å². The van der Waals surface area contributed by atoms with Crippen molar-refractivity contribution < 1.29 is 13.9 Å². The van der Waals surface area contributed by atoms with Crippen molar-refractivity contribution in [3.63, 3.8) is 0 Å². The van der Waals surface area contributed by atoms with Gasteiger partial charge in [0.05, 0.1) is 0 Å². The van der Waals surface area contributed by atoms with E-state index in [9.17, 15) is 9.18 Å². The molecule has 3 aromatic carbocycles. The summed E-state index contributed by atoms with van der Waals surface area (Å²) in [4.78, 5) is 13.0. The van der Waals surface area contributed by atoms with E-state index in [-0.39, 0.29) is 23.5 Å². The van der Waals surface area contributed by atoms with Gasteiger partial charge in [-0.1, -0.05) is 66.5 Å². The van der Waals surface area contributed by atoms with Crippen LogP contribution >= 0.6 is 23.2 Å². The van der Waals surface area contributed by atoms with Gasteiger partial charge in [0, 0.05) is 22.5 Å². The van der Waals surface area contributed by atoms with E-state index in [0.717, 1.165) is 11.1 Å². The third kappa shape index (κ3) is 6.02. The zero-order valence-electron chi connectivity index (χ0n) is 18.2. The minimum atomic E-state index is -1.25. The molecule has 3 rings (SSSR count). The van der Waals surface area contributed by atoms with Gasteiger partial charge in [0.15, 0.2) is 17.2 Å². The molecule has 2 unspecified atom stereocenters. The monoisotopic (exact) mass is 473 g/mol. The molecule has 0 aromatic heterocycles. The summed E-state index contributed by atoms with van der Waals surface area (Å²) >= 11 is 12.1. The zero-order chi connectivity index (χ0) is 23.3. The molecule has 0 saturated heterocycles. The molecule has 3 aromatic rings. The van der Waals surface area contributed by atoms with Crippen molar-refractivity contribution in [2.24, 2.45) is 0 Å². The smallest absolute Gasteiger partial charge is 0.263 e. The number of para-hydroxylation sites is 1. The van der Waals surface area contributed by atoms with E-state index in [4.69, 9.17) is 27.9 Å². The number of amides is 1. The molecule has 0 bridgehead atoms. The number of rotatable bonds is 8. The van der Waals surface area contributed by atoms with Gasteiger partial charge in [-0.3, -0.25) is 4.79 Å². The van der Waals surface area contributed by atoms with E-state index in [1.54, 1.807) is 26.0 Å². The molecule has 3 nitrogen and oxygen atoms in total. The minimum Gasteiger partial charge on any atom is -0.475 e. The number of hydrogen-bond donors (Lipinski definition) is 1. The fraction of sp³-hybridized carbons (Fsp3) is 0.269. The van der Waals surface area contributed by atoms with Crippen molar-refractivity contribution in [2.45, 2.75) is 38.2 Å². The highest BCUT2D eigenvalue weighted by atomic mass is 35.5. The average Bonchev–Trinajstić information content (AvgIpc) is 2.76. The Morgan fingerprint density at radius 3 is 2.03 bits per heavy atom. The molecule has 32 heavy (non-hydrogen) atoms. The van der Waals surface area contributed by atoms with Gasteiger partial charge in [-0.2, -0.15) is 0 Å². The van der Waals surface area contributed by atoms with E-state index in [0.29, 0.717) is 16.6 Å². The van der Waals surface area contributed by atoms with Crippen molar-refractivity contribution in [1.82, 2.24) is 5.32 Å². The summed E-state index contributed by atoms with van der Waals surface area (Å²) in [7, 11) is 0. The third-order valence-electron chi connectivity index (χ3n) is 5.53. The van der Waals surface area contributed by atoms with E-state index in [1.165, 1.54) is 12.1 Å². The summed E-state index contributed by atoms with van der Waals surface area (Å²) in [6, 6.07) is 21.3. The van der Waals surface area contributed by atoms with Crippen LogP contribution in [0.2, 0.25) is 10.0 Å². The molecule has 1 amide bonds. The van der Waals surface area contributed by atoms with Crippen LogP contribution in [-0.2, 0) is 4.79 Å². The summed E-state index contributed by atoms with van der Waals surface area (Å²) in [6.07, 6.45) is 0. The average molecular weight is 474 g/mol. The number of ether oxygens (including phenoxy) is 1. The Kier molecular flexibility index (Phi) is 7.81. The highest BCUT2D eigenvalue weighted by molar-refractivity contribution is 6.30. The maximum atomic E-state index is 14.0. The fourth-order valence-corrected chi connectivity index (χ4v) is 3.81. The number of hydrogen-bond acceptors (Lipinski definition) is 2. The topological polar surface area (TPSA) is 38.3 Å². The maximum absolute atomic E-state index is 14.0. The van der Waals surface area contributed by atoms with Gasteiger partial charge in [0.25, 0.3) is 5.91 Å². The Morgan fingerprint density at radius 2 is 1.47 bits per heavy atom. The molecule has 6 heteroatoms. The van der Waals surface area contributed by atoms with Crippen LogP contribution in [0.3, 0.4) is 0 Å². The van der Waals surface area contributed by atoms with E-state index >= 15 is 0 Å².